The number of ether oxygens (including phenoxy) is 4. The maximum Gasteiger partial charge on any atom is 0.340 e. The monoisotopic (exact) mass is 394 g/mol. The molecule has 29 heavy (non-hydrogen) atoms. The first-order chi connectivity index (χ1) is 14.0. The molecular weight excluding hydrogens is 376 g/mol. The standard InChI is InChI=1S/C22H18O7/c1-26-20(24)16-17-14-10-6-7-11-15(14)19(23)22(17,29-18(16)21(25)27-2)28-12-13-8-4-3-5-9-13/h3-11,18H,12H2,1-2H3/t18-,22+/m0/s1. The highest BCUT2D eigenvalue weighted by Crippen LogP contribution is 2.52. The molecule has 1 heterocycles. The fraction of sp³-hybridized carbons (Fsp3) is 0.227. The average Bonchev–Trinajstić information content (AvgIpc) is 3.23. The van der Waals surface area contributed by atoms with Gasteiger partial charge in [-0.05, 0) is 11.1 Å². The molecule has 1 aliphatic carbocycles. The second-order valence-corrected chi connectivity index (χ2v) is 6.57. The van der Waals surface area contributed by atoms with Gasteiger partial charge in [0.05, 0.1) is 26.4 Å². The highest BCUT2D eigenvalue weighted by atomic mass is 16.7. The molecule has 2 aromatic carbocycles. The largest absolute Gasteiger partial charge is 0.467 e. The lowest BCUT2D eigenvalue weighted by Gasteiger charge is -2.26. The number of hydrogen-bond donors (Lipinski definition) is 0. The molecule has 0 saturated carbocycles. The molecule has 0 radical (unpaired) electrons. The molecule has 4 rings (SSSR count). The average molecular weight is 394 g/mol. The van der Waals surface area contributed by atoms with Gasteiger partial charge in [-0.15, -0.1) is 0 Å². The van der Waals surface area contributed by atoms with Gasteiger partial charge in [0.1, 0.15) is 0 Å². The van der Waals surface area contributed by atoms with Crippen molar-refractivity contribution in [2.75, 3.05) is 14.2 Å². The van der Waals surface area contributed by atoms with E-state index in [1.54, 1.807) is 24.3 Å². The summed E-state index contributed by atoms with van der Waals surface area (Å²) in [6.45, 7) is 0.0341. The van der Waals surface area contributed by atoms with Crippen molar-refractivity contribution in [1.29, 1.82) is 0 Å². The number of benzene rings is 2. The lowest BCUT2D eigenvalue weighted by atomic mass is 9.98. The Hall–Kier alpha value is -3.29. The van der Waals surface area contributed by atoms with E-state index >= 15 is 0 Å². The van der Waals surface area contributed by atoms with Crippen LogP contribution in [0.25, 0.3) is 5.57 Å². The van der Waals surface area contributed by atoms with Crippen LogP contribution in [-0.4, -0.2) is 43.8 Å². The van der Waals surface area contributed by atoms with E-state index in [0.29, 0.717) is 11.1 Å². The van der Waals surface area contributed by atoms with Crippen LogP contribution in [0.4, 0.5) is 0 Å². The van der Waals surface area contributed by atoms with Gasteiger partial charge in [-0.25, -0.2) is 9.59 Å². The van der Waals surface area contributed by atoms with Crippen LogP contribution >= 0.6 is 0 Å². The molecule has 0 aromatic heterocycles. The van der Waals surface area contributed by atoms with Crippen molar-refractivity contribution in [3.63, 3.8) is 0 Å². The number of esters is 2. The molecule has 148 valence electrons. The predicted octanol–water partition coefficient (Wildman–Crippen LogP) is 2.29. The maximum atomic E-state index is 13.3. The summed E-state index contributed by atoms with van der Waals surface area (Å²) in [6, 6.07) is 15.9. The number of hydrogen-bond acceptors (Lipinski definition) is 7. The van der Waals surface area contributed by atoms with E-state index in [4.69, 9.17) is 18.9 Å². The fourth-order valence-electron chi connectivity index (χ4n) is 3.68. The molecule has 1 aliphatic heterocycles. The molecule has 2 aliphatic rings. The molecule has 0 N–H and O–H groups in total. The zero-order valence-corrected chi connectivity index (χ0v) is 15.8. The van der Waals surface area contributed by atoms with Crippen LogP contribution in [-0.2, 0) is 35.1 Å². The highest BCUT2D eigenvalue weighted by molar-refractivity contribution is 6.24. The third-order valence-corrected chi connectivity index (χ3v) is 4.99. The van der Waals surface area contributed by atoms with Gasteiger partial charge in [0.25, 0.3) is 5.79 Å². The molecule has 7 nitrogen and oxygen atoms in total. The minimum Gasteiger partial charge on any atom is -0.467 e. The zero-order valence-electron chi connectivity index (χ0n) is 15.8. The minimum atomic E-state index is -1.93. The first-order valence-electron chi connectivity index (χ1n) is 8.94. The maximum absolute atomic E-state index is 13.3. The third-order valence-electron chi connectivity index (χ3n) is 4.99. The number of fused-ring (bicyclic) bond motifs is 3. The Kier molecular flexibility index (Phi) is 4.77. The Labute approximate surface area is 166 Å². The number of Topliss-reactive ketones (excluding diaryl/α,β-unsaturated/α-hetero) is 1. The van der Waals surface area contributed by atoms with Gasteiger partial charge in [-0.2, -0.15) is 0 Å². The van der Waals surface area contributed by atoms with Crippen molar-refractivity contribution >= 4 is 23.3 Å². The van der Waals surface area contributed by atoms with Crippen LogP contribution in [0.15, 0.2) is 60.2 Å². The van der Waals surface area contributed by atoms with Crippen LogP contribution in [0.3, 0.4) is 0 Å². The second kappa shape index (κ2) is 7.27. The van der Waals surface area contributed by atoms with Crippen LogP contribution in [0.1, 0.15) is 21.5 Å². The summed E-state index contributed by atoms with van der Waals surface area (Å²) < 4.78 is 21.5. The lowest BCUT2D eigenvalue weighted by Crippen LogP contribution is -2.42. The SMILES string of the molecule is COC(=O)C1=C2c3ccccc3C(=O)[C@]2(OCc2ccccc2)O[C@@H]1C(=O)OC. The zero-order chi connectivity index (χ0) is 20.6. The number of carbonyl (C=O) groups is 3. The number of carbonyl (C=O) groups excluding carboxylic acids is 3. The van der Waals surface area contributed by atoms with E-state index < -0.39 is 29.6 Å². The van der Waals surface area contributed by atoms with Crippen molar-refractivity contribution < 1.29 is 33.3 Å². The van der Waals surface area contributed by atoms with Gasteiger partial charge in [0.2, 0.25) is 5.78 Å². The lowest BCUT2D eigenvalue weighted by molar-refractivity contribution is -0.191. The molecule has 0 unspecified atom stereocenters. The minimum absolute atomic E-state index is 0.0341. The molecule has 0 saturated heterocycles. The number of rotatable bonds is 5. The van der Waals surface area contributed by atoms with E-state index in [1.165, 1.54) is 14.2 Å². The molecule has 7 heteroatoms. The van der Waals surface area contributed by atoms with E-state index in [-0.39, 0.29) is 17.8 Å². The van der Waals surface area contributed by atoms with E-state index in [0.717, 1.165) is 5.56 Å². The number of ketones is 1. The van der Waals surface area contributed by atoms with E-state index in [9.17, 15) is 14.4 Å². The molecule has 0 spiro atoms. The number of methoxy groups -OCH3 is 2. The molecule has 0 amide bonds. The van der Waals surface area contributed by atoms with Gasteiger partial charge in [-0.3, -0.25) is 4.79 Å². The Bertz CT molecular complexity index is 1020. The summed E-state index contributed by atoms with van der Waals surface area (Å²) in [7, 11) is 2.37. The highest BCUT2D eigenvalue weighted by Gasteiger charge is 2.62. The van der Waals surface area contributed by atoms with Gasteiger partial charge in [-0.1, -0.05) is 54.6 Å². The Morgan fingerprint density at radius 2 is 1.62 bits per heavy atom. The van der Waals surface area contributed by atoms with Crippen LogP contribution in [0.5, 0.6) is 0 Å². The van der Waals surface area contributed by atoms with Gasteiger partial charge in [0, 0.05) is 11.1 Å². The Morgan fingerprint density at radius 3 is 2.28 bits per heavy atom. The van der Waals surface area contributed by atoms with Crippen LogP contribution in [0.2, 0.25) is 0 Å². The first-order valence-corrected chi connectivity index (χ1v) is 8.94. The van der Waals surface area contributed by atoms with Gasteiger partial charge in [0.15, 0.2) is 6.10 Å². The topological polar surface area (TPSA) is 88.1 Å². The van der Waals surface area contributed by atoms with Crippen molar-refractivity contribution in [2.45, 2.75) is 18.5 Å². The third kappa shape index (κ3) is 2.86. The smallest absolute Gasteiger partial charge is 0.340 e. The molecular formula is C22H18O7. The summed E-state index contributed by atoms with van der Waals surface area (Å²) in [6.07, 6.45) is -1.43. The Morgan fingerprint density at radius 1 is 0.966 bits per heavy atom. The van der Waals surface area contributed by atoms with Crippen molar-refractivity contribution in [3.05, 3.63) is 76.9 Å². The normalized spacial score (nSPS) is 22.3. The predicted molar refractivity (Wildman–Crippen MR) is 101 cm³/mol. The molecule has 0 bridgehead atoms. The second-order valence-electron chi connectivity index (χ2n) is 6.57. The van der Waals surface area contributed by atoms with E-state index in [1.807, 2.05) is 30.3 Å². The summed E-state index contributed by atoms with van der Waals surface area (Å²) >= 11 is 0. The quantitative estimate of drug-likeness (QED) is 0.719. The molecule has 2 aromatic rings. The van der Waals surface area contributed by atoms with E-state index in [2.05, 4.69) is 0 Å². The summed E-state index contributed by atoms with van der Waals surface area (Å²) in [5.41, 5.74) is 1.72. The van der Waals surface area contributed by atoms with Crippen molar-refractivity contribution in [1.82, 2.24) is 0 Å². The van der Waals surface area contributed by atoms with Crippen LogP contribution in [0, 0.1) is 0 Å². The van der Waals surface area contributed by atoms with Crippen molar-refractivity contribution in [3.8, 4) is 0 Å². The van der Waals surface area contributed by atoms with Gasteiger partial charge >= 0.3 is 11.9 Å². The van der Waals surface area contributed by atoms with Crippen molar-refractivity contribution in [2.24, 2.45) is 0 Å². The Balaban J connectivity index is 1.88. The van der Waals surface area contributed by atoms with Crippen LogP contribution < -0.4 is 0 Å². The first kappa shape index (κ1) is 19.0. The molecule has 2 atom stereocenters. The summed E-state index contributed by atoms with van der Waals surface area (Å²) in [5.74, 6) is -4.01. The van der Waals surface area contributed by atoms with Gasteiger partial charge < -0.3 is 18.9 Å². The summed E-state index contributed by atoms with van der Waals surface area (Å²) in [4.78, 5) is 38.3. The summed E-state index contributed by atoms with van der Waals surface area (Å²) in [5, 5.41) is 0. The molecule has 0 fully saturated rings. The fourth-order valence-corrected chi connectivity index (χ4v) is 3.68.